The lowest BCUT2D eigenvalue weighted by molar-refractivity contribution is 0.0395. The van der Waals surface area contributed by atoms with Crippen molar-refractivity contribution in [1.82, 2.24) is 5.32 Å². The van der Waals surface area contributed by atoms with Crippen molar-refractivity contribution in [3.63, 3.8) is 0 Å². The van der Waals surface area contributed by atoms with Gasteiger partial charge in [0.05, 0.1) is 25.4 Å². The number of carbonyl (C=O) groups is 1. The minimum absolute atomic E-state index is 0.0754. The highest BCUT2D eigenvalue weighted by molar-refractivity contribution is 5.89. The molecule has 1 N–H and O–H groups in total. The Morgan fingerprint density at radius 2 is 1.36 bits per heavy atom. The lowest BCUT2D eigenvalue weighted by Crippen LogP contribution is -2.23. The van der Waals surface area contributed by atoms with Gasteiger partial charge >= 0.3 is 5.97 Å². The summed E-state index contributed by atoms with van der Waals surface area (Å²) >= 11 is 0. The maximum absolute atomic E-state index is 11.6. The van der Waals surface area contributed by atoms with Crippen LogP contribution in [0.4, 0.5) is 0 Å². The van der Waals surface area contributed by atoms with E-state index in [1.807, 2.05) is 30.3 Å². The number of rotatable bonds is 12. The quantitative estimate of drug-likeness (QED) is 0.242. The van der Waals surface area contributed by atoms with Gasteiger partial charge in [-0.05, 0) is 52.8 Å². The van der Waals surface area contributed by atoms with Crippen LogP contribution in [0.3, 0.4) is 0 Å². The Hall–Kier alpha value is -3.73. The number of benzene rings is 4. The molecule has 4 heteroatoms. The van der Waals surface area contributed by atoms with E-state index in [1.165, 1.54) is 23.8 Å². The smallest absolute Gasteiger partial charge is 0.337 e. The molecular formula is C32H33NO3. The van der Waals surface area contributed by atoms with Gasteiger partial charge in [-0.3, -0.25) is 0 Å². The Bertz CT molecular complexity index is 1210. The normalized spacial score (nSPS) is 11.7. The van der Waals surface area contributed by atoms with Gasteiger partial charge in [-0.25, -0.2) is 4.79 Å². The Morgan fingerprint density at radius 1 is 0.722 bits per heavy atom. The standard InChI is InChI=1S/C32H33NO3/c1-35-32(34)30-19-17-27(18-20-30)22-33-23-31(29-13-6-3-7-14-29)36-24-28-12-8-11-26(21-28)16-15-25-9-4-2-5-10-25/h2-14,17-21,31,33H,15-16,22-24H2,1H3/t31-/m1/s1. The number of hydrogen-bond acceptors (Lipinski definition) is 4. The van der Waals surface area contributed by atoms with Crippen LogP contribution in [0, 0.1) is 0 Å². The van der Waals surface area contributed by atoms with Crippen LogP contribution in [-0.2, 0) is 35.5 Å². The second-order valence-corrected chi connectivity index (χ2v) is 8.84. The van der Waals surface area contributed by atoms with Crippen molar-refractivity contribution in [1.29, 1.82) is 0 Å². The van der Waals surface area contributed by atoms with Crippen LogP contribution in [0.1, 0.15) is 44.3 Å². The average molecular weight is 480 g/mol. The van der Waals surface area contributed by atoms with Gasteiger partial charge < -0.3 is 14.8 Å². The fourth-order valence-electron chi connectivity index (χ4n) is 4.17. The summed E-state index contributed by atoms with van der Waals surface area (Å²) in [6.45, 7) is 1.91. The maximum Gasteiger partial charge on any atom is 0.337 e. The predicted octanol–water partition coefficient (Wildman–Crippen LogP) is 6.31. The van der Waals surface area contributed by atoms with Gasteiger partial charge in [0, 0.05) is 13.1 Å². The van der Waals surface area contributed by atoms with E-state index in [2.05, 4.69) is 72.0 Å². The van der Waals surface area contributed by atoms with Crippen molar-refractivity contribution in [2.24, 2.45) is 0 Å². The summed E-state index contributed by atoms with van der Waals surface area (Å²) in [4.78, 5) is 11.6. The van der Waals surface area contributed by atoms with E-state index in [9.17, 15) is 4.79 Å². The molecule has 4 nitrogen and oxygen atoms in total. The Kier molecular flexibility index (Phi) is 9.43. The van der Waals surface area contributed by atoms with E-state index in [4.69, 9.17) is 9.47 Å². The molecule has 0 saturated heterocycles. The van der Waals surface area contributed by atoms with Crippen molar-refractivity contribution < 1.29 is 14.3 Å². The summed E-state index contributed by atoms with van der Waals surface area (Å²) in [5.41, 5.74) is 6.66. The van der Waals surface area contributed by atoms with E-state index in [1.54, 1.807) is 12.1 Å². The molecule has 0 aliphatic carbocycles. The molecule has 0 amide bonds. The highest BCUT2D eigenvalue weighted by Gasteiger charge is 2.12. The van der Waals surface area contributed by atoms with Crippen LogP contribution < -0.4 is 5.32 Å². The first kappa shape index (κ1) is 25.4. The molecule has 0 radical (unpaired) electrons. The van der Waals surface area contributed by atoms with Gasteiger partial charge in [-0.1, -0.05) is 97.1 Å². The van der Waals surface area contributed by atoms with E-state index in [-0.39, 0.29) is 12.1 Å². The number of nitrogens with one attached hydrogen (secondary N) is 1. The molecular weight excluding hydrogens is 446 g/mol. The van der Waals surface area contributed by atoms with E-state index >= 15 is 0 Å². The summed E-state index contributed by atoms with van der Waals surface area (Å²) in [6, 6.07) is 37.1. The summed E-state index contributed by atoms with van der Waals surface area (Å²) in [6.07, 6.45) is 1.96. The maximum atomic E-state index is 11.6. The van der Waals surface area contributed by atoms with Crippen LogP contribution in [0.2, 0.25) is 0 Å². The van der Waals surface area contributed by atoms with Crippen molar-refractivity contribution in [3.05, 3.63) is 143 Å². The highest BCUT2D eigenvalue weighted by atomic mass is 16.5. The molecule has 0 spiro atoms. The lowest BCUT2D eigenvalue weighted by Gasteiger charge is -2.20. The molecule has 184 valence electrons. The monoisotopic (exact) mass is 479 g/mol. The molecule has 4 aromatic carbocycles. The summed E-state index contributed by atoms with van der Waals surface area (Å²) in [5, 5.41) is 3.51. The molecule has 0 aliphatic heterocycles. The molecule has 4 rings (SSSR count). The number of ether oxygens (including phenoxy) is 2. The van der Waals surface area contributed by atoms with Crippen LogP contribution in [0.25, 0.3) is 0 Å². The summed E-state index contributed by atoms with van der Waals surface area (Å²) in [5.74, 6) is -0.323. The van der Waals surface area contributed by atoms with Gasteiger partial charge in [-0.2, -0.15) is 0 Å². The fourth-order valence-corrected chi connectivity index (χ4v) is 4.17. The molecule has 0 aromatic heterocycles. The Balaban J connectivity index is 1.33. The van der Waals surface area contributed by atoms with Crippen molar-refractivity contribution in [2.75, 3.05) is 13.7 Å². The van der Waals surface area contributed by atoms with Gasteiger partial charge in [0.1, 0.15) is 0 Å². The summed E-state index contributed by atoms with van der Waals surface area (Å²) < 4.78 is 11.2. The lowest BCUT2D eigenvalue weighted by atomic mass is 10.0. The van der Waals surface area contributed by atoms with E-state index in [0.29, 0.717) is 25.3 Å². The second kappa shape index (κ2) is 13.4. The topological polar surface area (TPSA) is 47.6 Å². The van der Waals surface area contributed by atoms with Gasteiger partial charge in [0.25, 0.3) is 0 Å². The van der Waals surface area contributed by atoms with Crippen LogP contribution in [-0.4, -0.2) is 19.6 Å². The Morgan fingerprint density at radius 3 is 2.08 bits per heavy atom. The average Bonchev–Trinajstić information content (AvgIpc) is 2.95. The number of methoxy groups -OCH3 is 1. The highest BCUT2D eigenvalue weighted by Crippen LogP contribution is 2.20. The minimum atomic E-state index is -0.323. The van der Waals surface area contributed by atoms with Crippen LogP contribution in [0.15, 0.2) is 109 Å². The van der Waals surface area contributed by atoms with Gasteiger partial charge in [0.2, 0.25) is 0 Å². The SMILES string of the molecule is COC(=O)c1ccc(CNC[C@@H](OCc2cccc(CCc3ccccc3)c2)c2ccccc2)cc1. The van der Waals surface area contributed by atoms with Gasteiger partial charge in [-0.15, -0.1) is 0 Å². The molecule has 4 aromatic rings. The molecule has 0 unspecified atom stereocenters. The zero-order valence-corrected chi connectivity index (χ0v) is 20.7. The molecule has 0 aliphatic rings. The third-order valence-electron chi connectivity index (χ3n) is 6.19. The second-order valence-electron chi connectivity index (χ2n) is 8.84. The first-order valence-electron chi connectivity index (χ1n) is 12.4. The summed E-state index contributed by atoms with van der Waals surface area (Å²) in [7, 11) is 1.39. The van der Waals surface area contributed by atoms with Crippen molar-refractivity contribution >= 4 is 5.97 Å². The molecule has 0 heterocycles. The zero-order valence-electron chi connectivity index (χ0n) is 20.7. The largest absolute Gasteiger partial charge is 0.465 e. The van der Waals surface area contributed by atoms with E-state index in [0.717, 1.165) is 24.0 Å². The fraction of sp³-hybridized carbons (Fsp3) is 0.219. The Labute approximate surface area is 213 Å². The third kappa shape index (κ3) is 7.64. The third-order valence-corrected chi connectivity index (χ3v) is 6.19. The van der Waals surface area contributed by atoms with E-state index < -0.39 is 0 Å². The zero-order chi connectivity index (χ0) is 25.0. The molecule has 0 saturated carbocycles. The first-order valence-corrected chi connectivity index (χ1v) is 12.4. The molecule has 1 atom stereocenters. The molecule has 0 bridgehead atoms. The molecule has 36 heavy (non-hydrogen) atoms. The number of aryl methyl sites for hydroxylation is 2. The predicted molar refractivity (Wildman–Crippen MR) is 144 cm³/mol. The van der Waals surface area contributed by atoms with Crippen LogP contribution in [0.5, 0.6) is 0 Å². The molecule has 0 fully saturated rings. The van der Waals surface area contributed by atoms with Crippen LogP contribution >= 0.6 is 0 Å². The van der Waals surface area contributed by atoms with Gasteiger partial charge in [0.15, 0.2) is 0 Å². The van der Waals surface area contributed by atoms with Crippen molar-refractivity contribution in [2.45, 2.75) is 32.1 Å². The number of hydrogen-bond donors (Lipinski definition) is 1. The first-order chi connectivity index (χ1) is 17.7. The number of esters is 1. The van der Waals surface area contributed by atoms with Crippen molar-refractivity contribution in [3.8, 4) is 0 Å². The minimum Gasteiger partial charge on any atom is -0.465 e. The number of carbonyl (C=O) groups excluding carboxylic acids is 1.